The molecule has 3 aromatic carbocycles. The molecule has 0 saturated heterocycles. The molecule has 0 aromatic heterocycles. The number of nitrogens with zero attached hydrogens (tertiary/aromatic N) is 2. The molecule has 0 fully saturated rings. The largest absolute Gasteiger partial charge is 0.497 e. The molecule has 0 radical (unpaired) electrons. The molecule has 1 atom stereocenters. The molecule has 0 N–H and O–H groups in total. The third-order valence-electron chi connectivity index (χ3n) is 6.12. The van der Waals surface area contributed by atoms with Crippen LogP contribution in [0.2, 0.25) is 5.02 Å². The number of ether oxygens (including phenoxy) is 4. The highest BCUT2D eigenvalue weighted by Crippen LogP contribution is 2.39. The highest BCUT2D eigenvalue weighted by molar-refractivity contribution is 6.32. The summed E-state index contributed by atoms with van der Waals surface area (Å²) in [6.45, 7) is 0.532. The second kappa shape index (κ2) is 10.7. The Morgan fingerprint density at radius 1 is 1.00 bits per heavy atom. The highest BCUT2D eigenvalue weighted by atomic mass is 35.5. The van der Waals surface area contributed by atoms with Crippen LogP contribution in [-0.4, -0.2) is 50.2 Å². The second-order valence-electron chi connectivity index (χ2n) is 8.08. The number of carbonyl (C=O) groups is 1. The molecule has 0 unspecified atom stereocenters. The van der Waals surface area contributed by atoms with Gasteiger partial charge in [0.2, 0.25) is 0 Å². The van der Waals surface area contributed by atoms with Gasteiger partial charge >= 0.3 is 0 Å². The Morgan fingerprint density at radius 3 is 2.31 bits per heavy atom. The van der Waals surface area contributed by atoms with E-state index >= 15 is 0 Å². The maximum absolute atomic E-state index is 13.6. The Kier molecular flexibility index (Phi) is 7.49. The molecule has 4 rings (SSSR count). The van der Waals surface area contributed by atoms with Crippen molar-refractivity contribution < 1.29 is 28.7 Å². The third-order valence-corrected chi connectivity index (χ3v) is 6.44. The van der Waals surface area contributed by atoms with Gasteiger partial charge in [0, 0.05) is 18.2 Å². The van der Waals surface area contributed by atoms with Crippen LogP contribution in [0.5, 0.6) is 23.0 Å². The summed E-state index contributed by atoms with van der Waals surface area (Å²) in [6.07, 6.45) is 0.566. The van der Waals surface area contributed by atoms with E-state index in [2.05, 4.69) is 0 Å². The van der Waals surface area contributed by atoms with Crippen LogP contribution in [0.3, 0.4) is 0 Å². The molecule has 0 aliphatic carbocycles. The van der Waals surface area contributed by atoms with Crippen molar-refractivity contribution in [2.24, 2.45) is 0 Å². The Balaban J connectivity index is 1.71. The van der Waals surface area contributed by atoms with Gasteiger partial charge in [0.25, 0.3) is 11.6 Å². The standard InChI is InChI=1S/C26H25ClN2O7/c1-33-18-5-7-19(8-6-18)36-15-23-20-14-25(35-3)24(34-2)13-16(20)10-11-28(23)26(30)17-4-9-21(27)22(12-17)29(31)32/h4-9,12-14,23H,10-11,15H2,1-3H3/t23-/m1/s1. The fraction of sp³-hybridized carbons (Fsp3) is 0.269. The first-order chi connectivity index (χ1) is 17.4. The molecule has 1 aliphatic heterocycles. The molecule has 36 heavy (non-hydrogen) atoms. The number of hydrogen-bond donors (Lipinski definition) is 0. The summed E-state index contributed by atoms with van der Waals surface area (Å²) in [4.78, 5) is 26.0. The number of nitro groups is 1. The zero-order valence-electron chi connectivity index (χ0n) is 20.0. The SMILES string of the molecule is COc1ccc(OC[C@@H]2c3cc(OC)c(OC)cc3CCN2C(=O)c2ccc(Cl)c([N+](=O)[O-])c2)cc1. The summed E-state index contributed by atoms with van der Waals surface area (Å²) in [5, 5.41) is 11.3. The highest BCUT2D eigenvalue weighted by Gasteiger charge is 2.34. The Hall–Kier alpha value is -3.98. The molecule has 0 saturated carbocycles. The molecular weight excluding hydrogens is 488 g/mol. The molecule has 1 heterocycles. The number of methoxy groups -OCH3 is 3. The van der Waals surface area contributed by atoms with Gasteiger partial charge in [0.15, 0.2) is 11.5 Å². The molecule has 1 aliphatic rings. The lowest BCUT2D eigenvalue weighted by molar-refractivity contribution is -0.384. The van der Waals surface area contributed by atoms with E-state index < -0.39 is 11.0 Å². The van der Waals surface area contributed by atoms with E-state index in [9.17, 15) is 14.9 Å². The summed E-state index contributed by atoms with van der Waals surface area (Å²) in [5.74, 6) is 2.07. The topological polar surface area (TPSA) is 100 Å². The summed E-state index contributed by atoms with van der Waals surface area (Å²) in [7, 11) is 4.70. The Morgan fingerprint density at radius 2 is 1.67 bits per heavy atom. The van der Waals surface area contributed by atoms with Crippen molar-refractivity contribution in [3.8, 4) is 23.0 Å². The van der Waals surface area contributed by atoms with Crippen molar-refractivity contribution in [2.75, 3.05) is 34.5 Å². The van der Waals surface area contributed by atoms with Crippen LogP contribution in [-0.2, 0) is 6.42 Å². The predicted octanol–water partition coefficient (Wildman–Crippen LogP) is 5.09. The smallest absolute Gasteiger partial charge is 0.288 e. The van der Waals surface area contributed by atoms with Crippen molar-refractivity contribution in [2.45, 2.75) is 12.5 Å². The fourth-order valence-corrected chi connectivity index (χ4v) is 4.44. The molecule has 0 bridgehead atoms. The first-order valence-electron chi connectivity index (χ1n) is 11.1. The van der Waals surface area contributed by atoms with Gasteiger partial charge in [-0.3, -0.25) is 14.9 Å². The number of carbonyl (C=O) groups excluding carboxylic acids is 1. The monoisotopic (exact) mass is 512 g/mol. The van der Waals surface area contributed by atoms with Crippen molar-refractivity contribution in [3.05, 3.63) is 86.4 Å². The number of hydrogen-bond acceptors (Lipinski definition) is 7. The lowest BCUT2D eigenvalue weighted by Crippen LogP contribution is -2.42. The molecular formula is C26H25ClN2O7. The van der Waals surface area contributed by atoms with Gasteiger partial charge in [0.05, 0.1) is 32.3 Å². The summed E-state index contributed by atoms with van der Waals surface area (Å²) < 4.78 is 22.2. The van der Waals surface area contributed by atoms with Crippen molar-refractivity contribution in [3.63, 3.8) is 0 Å². The Labute approximate surface area is 213 Å². The van der Waals surface area contributed by atoms with Crippen LogP contribution in [0.25, 0.3) is 0 Å². The lowest BCUT2D eigenvalue weighted by Gasteiger charge is -2.37. The molecule has 10 heteroatoms. The lowest BCUT2D eigenvalue weighted by atomic mass is 9.91. The minimum atomic E-state index is -0.605. The number of rotatable bonds is 8. The average molecular weight is 513 g/mol. The maximum Gasteiger partial charge on any atom is 0.288 e. The third kappa shape index (κ3) is 5.01. The van der Waals surface area contributed by atoms with E-state index in [0.29, 0.717) is 36.0 Å². The number of amides is 1. The summed E-state index contributed by atoms with van der Waals surface area (Å²) >= 11 is 5.96. The molecule has 0 spiro atoms. The van der Waals surface area contributed by atoms with Gasteiger partial charge in [-0.2, -0.15) is 0 Å². The van der Waals surface area contributed by atoms with Crippen LogP contribution in [0, 0.1) is 10.1 Å². The van der Waals surface area contributed by atoms with Gasteiger partial charge in [-0.25, -0.2) is 0 Å². The van der Waals surface area contributed by atoms with E-state index in [1.807, 2.05) is 12.1 Å². The molecule has 188 valence electrons. The van der Waals surface area contributed by atoms with E-state index in [4.69, 9.17) is 30.5 Å². The number of halogens is 1. The quantitative estimate of drug-likeness (QED) is 0.306. The minimum absolute atomic E-state index is 0.0308. The van der Waals surface area contributed by atoms with Gasteiger partial charge in [-0.15, -0.1) is 0 Å². The van der Waals surface area contributed by atoms with Crippen molar-refractivity contribution >= 4 is 23.2 Å². The fourth-order valence-electron chi connectivity index (χ4n) is 4.25. The van der Waals surface area contributed by atoms with Crippen LogP contribution in [0.1, 0.15) is 27.5 Å². The zero-order valence-corrected chi connectivity index (χ0v) is 20.8. The van der Waals surface area contributed by atoms with Gasteiger partial charge in [0.1, 0.15) is 23.1 Å². The van der Waals surface area contributed by atoms with Gasteiger partial charge in [-0.05, 0) is 66.1 Å². The first kappa shape index (κ1) is 25.1. The van der Waals surface area contributed by atoms with Crippen LogP contribution < -0.4 is 18.9 Å². The van der Waals surface area contributed by atoms with E-state index in [-0.39, 0.29) is 28.8 Å². The van der Waals surface area contributed by atoms with E-state index in [1.54, 1.807) is 50.5 Å². The summed E-state index contributed by atoms with van der Waals surface area (Å²) in [6, 6.07) is 14.5. The maximum atomic E-state index is 13.6. The molecule has 1 amide bonds. The predicted molar refractivity (Wildman–Crippen MR) is 134 cm³/mol. The van der Waals surface area contributed by atoms with Crippen molar-refractivity contribution in [1.29, 1.82) is 0 Å². The van der Waals surface area contributed by atoms with Crippen molar-refractivity contribution in [1.82, 2.24) is 4.90 Å². The normalized spacial score (nSPS) is 14.6. The molecule has 9 nitrogen and oxygen atoms in total. The van der Waals surface area contributed by atoms with Crippen LogP contribution >= 0.6 is 11.6 Å². The number of nitro benzene ring substituents is 1. The van der Waals surface area contributed by atoms with E-state index in [0.717, 1.165) is 11.1 Å². The zero-order chi connectivity index (χ0) is 25.8. The minimum Gasteiger partial charge on any atom is -0.497 e. The average Bonchev–Trinajstić information content (AvgIpc) is 2.90. The molecule has 3 aromatic rings. The Bertz CT molecular complexity index is 1280. The van der Waals surface area contributed by atoms with Crippen LogP contribution in [0.15, 0.2) is 54.6 Å². The number of benzene rings is 3. The van der Waals surface area contributed by atoms with Gasteiger partial charge < -0.3 is 23.8 Å². The number of fused-ring (bicyclic) bond motifs is 1. The van der Waals surface area contributed by atoms with Crippen LogP contribution in [0.4, 0.5) is 5.69 Å². The first-order valence-corrected chi connectivity index (χ1v) is 11.5. The van der Waals surface area contributed by atoms with Gasteiger partial charge in [-0.1, -0.05) is 11.6 Å². The second-order valence-corrected chi connectivity index (χ2v) is 8.49. The summed E-state index contributed by atoms with van der Waals surface area (Å²) in [5.41, 5.74) is 1.70. The van der Waals surface area contributed by atoms with E-state index in [1.165, 1.54) is 18.2 Å².